The van der Waals surface area contributed by atoms with E-state index in [0.717, 1.165) is 12.8 Å². The predicted octanol–water partition coefficient (Wildman–Crippen LogP) is 2.75. The molecule has 1 aromatic carbocycles. The molecule has 0 radical (unpaired) electrons. The summed E-state index contributed by atoms with van der Waals surface area (Å²) in [5.41, 5.74) is 0.251. The maximum absolute atomic E-state index is 13.5. The fraction of sp³-hybridized carbons (Fsp3) is 0.538. The first kappa shape index (κ1) is 27.8. The quantitative estimate of drug-likeness (QED) is 0.460. The molecule has 2 aromatic rings. The molecule has 0 aliphatic carbocycles. The lowest BCUT2D eigenvalue weighted by atomic mass is 9.75. The van der Waals surface area contributed by atoms with Gasteiger partial charge in [-0.15, -0.1) is 0 Å². The predicted molar refractivity (Wildman–Crippen MR) is 137 cm³/mol. The molecule has 36 heavy (non-hydrogen) atoms. The average molecular weight is 496 g/mol. The first-order valence-electron chi connectivity index (χ1n) is 12.3. The highest BCUT2D eigenvalue weighted by molar-refractivity contribution is 6.48. The van der Waals surface area contributed by atoms with E-state index < -0.39 is 42.3 Å². The Hall–Kier alpha value is -2.82. The van der Waals surface area contributed by atoms with Gasteiger partial charge in [0.1, 0.15) is 11.7 Å². The average Bonchev–Trinajstić information content (AvgIpc) is 3.08. The van der Waals surface area contributed by atoms with Crippen molar-refractivity contribution in [3.63, 3.8) is 0 Å². The van der Waals surface area contributed by atoms with Gasteiger partial charge in [-0.1, -0.05) is 30.3 Å². The first-order valence-corrected chi connectivity index (χ1v) is 12.3. The molecule has 1 saturated heterocycles. The molecule has 2 N–H and O–H groups in total. The summed E-state index contributed by atoms with van der Waals surface area (Å²) in [4.78, 5) is 34.1. The van der Waals surface area contributed by atoms with Gasteiger partial charge in [-0.3, -0.25) is 14.6 Å². The van der Waals surface area contributed by atoms with Gasteiger partial charge in [-0.25, -0.2) is 4.98 Å². The molecule has 1 aliphatic rings. The minimum atomic E-state index is -0.955. The lowest BCUT2D eigenvalue weighted by Gasteiger charge is -2.32. The van der Waals surface area contributed by atoms with Crippen molar-refractivity contribution in [1.82, 2.24) is 20.6 Å². The second-order valence-electron chi connectivity index (χ2n) is 10.1. The number of methoxy groups -OCH3 is 1. The highest BCUT2D eigenvalue weighted by atomic mass is 16.7. The highest BCUT2D eigenvalue weighted by Crippen LogP contribution is 2.38. The minimum Gasteiger partial charge on any atom is -0.402 e. The summed E-state index contributed by atoms with van der Waals surface area (Å²) >= 11 is 0. The zero-order chi connectivity index (χ0) is 26.3. The number of benzene rings is 1. The van der Waals surface area contributed by atoms with Gasteiger partial charge in [-0.2, -0.15) is 0 Å². The molecule has 1 aromatic heterocycles. The van der Waals surface area contributed by atoms with E-state index in [1.54, 1.807) is 6.92 Å². The van der Waals surface area contributed by atoms with Crippen molar-refractivity contribution in [3.05, 3.63) is 60.2 Å². The maximum Gasteiger partial charge on any atom is 0.481 e. The van der Waals surface area contributed by atoms with Crippen molar-refractivity contribution in [2.24, 2.45) is 0 Å². The van der Waals surface area contributed by atoms with Crippen molar-refractivity contribution in [2.75, 3.05) is 7.11 Å². The SMILES string of the molecule is COC(C)C(NC(=O)c1cnccn1)C(=O)NC(CCCc1ccccc1)B1OC(C)(C)C(C)(C)O1. The normalized spacial score (nSPS) is 18.8. The molecule has 1 aliphatic heterocycles. The topological polar surface area (TPSA) is 112 Å². The Balaban J connectivity index is 1.75. The van der Waals surface area contributed by atoms with E-state index in [1.807, 2.05) is 45.9 Å². The lowest BCUT2D eigenvalue weighted by Crippen LogP contribution is -2.58. The molecule has 2 amide bonds. The molecule has 2 heterocycles. The van der Waals surface area contributed by atoms with Crippen LogP contribution in [-0.4, -0.2) is 65.3 Å². The zero-order valence-corrected chi connectivity index (χ0v) is 22.0. The first-order chi connectivity index (χ1) is 17.0. The summed E-state index contributed by atoms with van der Waals surface area (Å²) in [7, 11) is 0.856. The van der Waals surface area contributed by atoms with Crippen LogP contribution in [0.5, 0.6) is 0 Å². The molecule has 3 unspecified atom stereocenters. The Kier molecular flexibility index (Phi) is 9.21. The summed E-state index contributed by atoms with van der Waals surface area (Å²) < 4.78 is 18.0. The number of aromatic nitrogens is 2. The fourth-order valence-corrected chi connectivity index (χ4v) is 3.94. The van der Waals surface area contributed by atoms with Gasteiger partial charge in [0.2, 0.25) is 5.91 Å². The molecular weight excluding hydrogens is 459 g/mol. The molecule has 1 fully saturated rings. The zero-order valence-electron chi connectivity index (χ0n) is 22.0. The number of carbonyl (C=O) groups excluding carboxylic acids is 2. The van der Waals surface area contributed by atoms with E-state index in [0.29, 0.717) is 6.42 Å². The van der Waals surface area contributed by atoms with E-state index >= 15 is 0 Å². The van der Waals surface area contributed by atoms with Crippen molar-refractivity contribution in [1.29, 1.82) is 0 Å². The monoisotopic (exact) mass is 496 g/mol. The van der Waals surface area contributed by atoms with Gasteiger partial charge in [-0.05, 0) is 59.4 Å². The van der Waals surface area contributed by atoms with Crippen LogP contribution in [0.2, 0.25) is 0 Å². The van der Waals surface area contributed by atoms with Crippen LogP contribution in [0.1, 0.15) is 63.5 Å². The molecule has 0 saturated carbocycles. The van der Waals surface area contributed by atoms with Crippen molar-refractivity contribution >= 4 is 18.9 Å². The Morgan fingerprint density at radius 3 is 2.31 bits per heavy atom. The highest BCUT2D eigenvalue weighted by Gasteiger charge is 2.54. The summed E-state index contributed by atoms with van der Waals surface area (Å²) in [6.07, 6.45) is 5.95. The van der Waals surface area contributed by atoms with Gasteiger partial charge in [0.05, 0.1) is 29.4 Å². The van der Waals surface area contributed by atoms with Crippen LogP contribution < -0.4 is 10.6 Å². The van der Waals surface area contributed by atoms with Crippen LogP contribution in [-0.2, 0) is 25.3 Å². The van der Waals surface area contributed by atoms with E-state index in [2.05, 4.69) is 32.7 Å². The third kappa shape index (κ3) is 6.90. The molecule has 194 valence electrons. The smallest absolute Gasteiger partial charge is 0.402 e. The summed E-state index contributed by atoms with van der Waals surface area (Å²) in [5.74, 6) is -1.33. The van der Waals surface area contributed by atoms with Crippen LogP contribution in [0.25, 0.3) is 0 Å². The number of ether oxygens (including phenoxy) is 1. The van der Waals surface area contributed by atoms with Gasteiger partial charge in [0.25, 0.3) is 5.91 Å². The number of rotatable bonds is 11. The Labute approximate surface area is 213 Å². The van der Waals surface area contributed by atoms with Crippen molar-refractivity contribution < 1.29 is 23.6 Å². The number of carbonyl (C=O) groups is 2. The van der Waals surface area contributed by atoms with E-state index in [1.165, 1.54) is 31.3 Å². The number of hydrogen-bond donors (Lipinski definition) is 2. The third-order valence-electron chi connectivity index (χ3n) is 6.96. The Morgan fingerprint density at radius 2 is 1.72 bits per heavy atom. The molecule has 3 rings (SSSR count). The summed E-state index contributed by atoms with van der Waals surface area (Å²) in [6.45, 7) is 9.64. The minimum absolute atomic E-state index is 0.115. The van der Waals surface area contributed by atoms with E-state index in [4.69, 9.17) is 14.0 Å². The van der Waals surface area contributed by atoms with Crippen molar-refractivity contribution in [3.8, 4) is 0 Å². The molecule has 0 spiro atoms. The number of amides is 2. The van der Waals surface area contributed by atoms with Gasteiger partial charge < -0.3 is 24.7 Å². The van der Waals surface area contributed by atoms with Crippen LogP contribution >= 0.6 is 0 Å². The second-order valence-corrected chi connectivity index (χ2v) is 10.1. The number of nitrogens with one attached hydrogen (secondary N) is 2. The van der Waals surface area contributed by atoms with Crippen LogP contribution in [0.4, 0.5) is 0 Å². The van der Waals surface area contributed by atoms with Crippen molar-refractivity contribution in [2.45, 2.75) is 83.2 Å². The molecular formula is C26H37BN4O5. The lowest BCUT2D eigenvalue weighted by molar-refractivity contribution is -0.126. The number of nitrogens with zero attached hydrogens (tertiary/aromatic N) is 2. The van der Waals surface area contributed by atoms with Gasteiger partial charge in [0.15, 0.2) is 0 Å². The second kappa shape index (κ2) is 11.9. The molecule has 10 heteroatoms. The molecule has 0 bridgehead atoms. The van der Waals surface area contributed by atoms with Crippen LogP contribution in [0.15, 0.2) is 48.9 Å². The Morgan fingerprint density at radius 1 is 1.06 bits per heavy atom. The molecule has 9 nitrogen and oxygen atoms in total. The summed E-state index contributed by atoms with van der Waals surface area (Å²) in [5, 5.41) is 5.81. The fourth-order valence-electron chi connectivity index (χ4n) is 3.94. The maximum atomic E-state index is 13.5. The van der Waals surface area contributed by atoms with Gasteiger partial charge >= 0.3 is 7.12 Å². The van der Waals surface area contributed by atoms with E-state index in [9.17, 15) is 9.59 Å². The van der Waals surface area contributed by atoms with Gasteiger partial charge in [0, 0.05) is 19.5 Å². The summed E-state index contributed by atoms with van der Waals surface area (Å²) in [6, 6.07) is 9.23. The van der Waals surface area contributed by atoms with Crippen LogP contribution in [0, 0.1) is 0 Å². The molecule has 3 atom stereocenters. The third-order valence-corrected chi connectivity index (χ3v) is 6.96. The largest absolute Gasteiger partial charge is 0.481 e. The number of aryl methyl sites for hydroxylation is 1. The number of hydrogen-bond acceptors (Lipinski definition) is 7. The Bertz CT molecular complexity index is 990. The standard InChI is InChI=1S/C26H37BN4O5/c1-18(34-6)22(31-23(32)20-17-28-15-16-29-20)24(33)30-21(14-10-13-19-11-8-7-9-12-19)27-35-25(2,3)26(4,5)36-27/h7-9,11-12,15-18,21-22H,10,13-14H2,1-6H3,(H,30,33)(H,31,32). The van der Waals surface area contributed by atoms with E-state index in [-0.39, 0.29) is 11.6 Å². The van der Waals surface area contributed by atoms with Crippen LogP contribution in [0.3, 0.4) is 0 Å².